The highest BCUT2D eigenvalue weighted by atomic mass is 16.4. The molecule has 1 aromatic heterocycles. The molecule has 0 aliphatic carbocycles. The number of aromatic carboxylic acids is 1. The van der Waals surface area contributed by atoms with Crippen molar-refractivity contribution in [2.75, 3.05) is 0 Å². The van der Waals surface area contributed by atoms with Crippen LogP contribution in [0.3, 0.4) is 0 Å². The molecule has 4 nitrogen and oxygen atoms in total. The number of carboxylic acids is 1. The van der Waals surface area contributed by atoms with E-state index in [1.165, 1.54) is 0 Å². The van der Waals surface area contributed by atoms with Gasteiger partial charge in [0.2, 0.25) is 0 Å². The summed E-state index contributed by atoms with van der Waals surface area (Å²) in [6.45, 7) is 2.35. The fourth-order valence-corrected chi connectivity index (χ4v) is 3.57. The predicted molar refractivity (Wildman–Crippen MR) is 122 cm³/mol. The molecule has 1 N–H and O–H groups in total. The fraction of sp³-hybridized carbons (Fsp3) is 0.111. The van der Waals surface area contributed by atoms with Crippen LogP contribution in [-0.4, -0.2) is 15.6 Å². The van der Waals surface area contributed by atoms with Crippen LogP contribution in [0.15, 0.2) is 83.8 Å². The molecule has 0 saturated carbocycles. The van der Waals surface area contributed by atoms with Crippen molar-refractivity contribution in [3.63, 3.8) is 0 Å². The van der Waals surface area contributed by atoms with Crippen LogP contribution in [0.5, 0.6) is 0 Å². The van der Waals surface area contributed by atoms with Crippen molar-refractivity contribution in [3.8, 4) is 11.8 Å². The zero-order chi connectivity index (χ0) is 21.8. The molecule has 0 aliphatic heterocycles. The summed E-state index contributed by atoms with van der Waals surface area (Å²) in [5.41, 5.74) is 3.97. The van der Waals surface area contributed by atoms with Crippen LogP contribution in [0.4, 0.5) is 0 Å². The first-order valence-corrected chi connectivity index (χ1v) is 10.00. The number of rotatable bonds is 4. The Morgan fingerprint density at radius 3 is 2.39 bits per heavy atom. The maximum absolute atomic E-state index is 13.1. The van der Waals surface area contributed by atoms with Gasteiger partial charge in [0.1, 0.15) is 0 Å². The summed E-state index contributed by atoms with van der Waals surface area (Å²) in [5.74, 6) is 5.38. The number of carbonyl (C=O) groups is 1. The molecule has 0 saturated heterocycles. The molecular weight excluding hydrogens is 386 g/mol. The zero-order valence-corrected chi connectivity index (χ0v) is 17.1. The van der Waals surface area contributed by atoms with Crippen LogP contribution in [0.2, 0.25) is 0 Å². The lowest BCUT2D eigenvalue weighted by Gasteiger charge is -2.11. The molecular formula is C27H21NO3. The lowest BCUT2D eigenvalue weighted by molar-refractivity contribution is 0.0697. The summed E-state index contributed by atoms with van der Waals surface area (Å²) in [6.07, 6.45) is 2.50. The largest absolute Gasteiger partial charge is 0.478 e. The lowest BCUT2D eigenvalue weighted by atomic mass is 10.0. The molecule has 0 fully saturated rings. The molecule has 152 valence electrons. The van der Waals surface area contributed by atoms with Gasteiger partial charge in [0.25, 0.3) is 5.56 Å². The van der Waals surface area contributed by atoms with E-state index in [1.807, 2.05) is 61.7 Å². The number of nitrogens with zero attached hydrogens (tertiary/aromatic N) is 1. The Hall–Kier alpha value is -4.10. The van der Waals surface area contributed by atoms with Gasteiger partial charge in [-0.3, -0.25) is 4.79 Å². The number of aryl methyl sites for hydroxylation is 1. The molecule has 0 radical (unpaired) electrons. The maximum Gasteiger partial charge on any atom is 0.335 e. The summed E-state index contributed by atoms with van der Waals surface area (Å²) >= 11 is 0. The zero-order valence-electron chi connectivity index (χ0n) is 17.1. The van der Waals surface area contributed by atoms with Crippen LogP contribution < -0.4 is 5.56 Å². The molecule has 3 aromatic carbocycles. The van der Waals surface area contributed by atoms with E-state index < -0.39 is 5.97 Å². The third-order valence-electron chi connectivity index (χ3n) is 5.21. The van der Waals surface area contributed by atoms with Crippen molar-refractivity contribution < 1.29 is 9.90 Å². The molecule has 31 heavy (non-hydrogen) atoms. The van der Waals surface area contributed by atoms with Crippen LogP contribution >= 0.6 is 0 Å². The third-order valence-corrected chi connectivity index (χ3v) is 5.21. The quantitative estimate of drug-likeness (QED) is 0.501. The fourth-order valence-electron chi connectivity index (χ4n) is 3.57. The third kappa shape index (κ3) is 4.57. The van der Waals surface area contributed by atoms with Crippen LogP contribution in [0.1, 0.15) is 32.6 Å². The van der Waals surface area contributed by atoms with E-state index in [0.717, 1.165) is 27.6 Å². The highest BCUT2D eigenvalue weighted by Crippen LogP contribution is 2.17. The second-order valence-electron chi connectivity index (χ2n) is 7.47. The van der Waals surface area contributed by atoms with E-state index in [0.29, 0.717) is 18.4 Å². The van der Waals surface area contributed by atoms with Gasteiger partial charge in [0.15, 0.2) is 0 Å². The standard InChI is InChI=1S/C27H21NO3/c1-19-17-28(18-22-10-13-23(14-11-22)27(30)31)26(29)25-16-21(12-15-24(19)25)9-5-8-20-6-3-2-4-7-20/h2-4,6-7,10-17H,8,18H2,1H3,(H,30,31). The van der Waals surface area contributed by atoms with Crippen molar-refractivity contribution in [1.29, 1.82) is 0 Å². The molecule has 0 unspecified atom stereocenters. The SMILES string of the molecule is Cc1cn(Cc2ccc(C(=O)O)cc2)c(=O)c2cc(C#CCc3ccccc3)ccc12. The van der Waals surface area contributed by atoms with Crippen LogP contribution in [0, 0.1) is 18.8 Å². The first-order chi connectivity index (χ1) is 15.0. The van der Waals surface area contributed by atoms with Gasteiger partial charge in [-0.25, -0.2) is 4.79 Å². The van der Waals surface area contributed by atoms with Crippen molar-refractivity contribution in [3.05, 3.63) is 117 Å². The number of aromatic nitrogens is 1. The van der Waals surface area contributed by atoms with E-state index in [4.69, 9.17) is 5.11 Å². The molecule has 4 heteroatoms. The van der Waals surface area contributed by atoms with Gasteiger partial charge in [0.05, 0.1) is 12.1 Å². The summed E-state index contributed by atoms with van der Waals surface area (Å²) in [6, 6.07) is 22.4. The molecule has 1 heterocycles. The number of hydrogen-bond acceptors (Lipinski definition) is 2. The minimum Gasteiger partial charge on any atom is -0.478 e. The predicted octanol–water partition coefficient (Wildman–Crippen LogP) is 4.65. The Morgan fingerprint density at radius 2 is 1.68 bits per heavy atom. The van der Waals surface area contributed by atoms with E-state index in [1.54, 1.807) is 28.8 Å². The first-order valence-electron chi connectivity index (χ1n) is 10.00. The molecule has 0 spiro atoms. The van der Waals surface area contributed by atoms with Gasteiger partial charge < -0.3 is 9.67 Å². The summed E-state index contributed by atoms with van der Waals surface area (Å²) < 4.78 is 1.66. The van der Waals surface area contributed by atoms with Gasteiger partial charge in [-0.1, -0.05) is 60.4 Å². The molecule has 0 aliphatic rings. The van der Waals surface area contributed by atoms with Crippen molar-refractivity contribution in [2.45, 2.75) is 19.9 Å². The topological polar surface area (TPSA) is 59.3 Å². The lowest BCUT2D eigenvalue weighted by Crippen LogP contribution is -2.21. The number of hydrogen-bond donors (Lipinski definition) is 1. The van der Waals surface area contributed by atoms with Crippen molar-refractivity contribution in [2.24, 2.45) is 0 Å². The van der Waals surface area contributed by atoms with E-state index in [2.05, 4.69) is 11.8 Å². The Bertz CT molecular complexity index is 1370. The van der Waals surface area contributed by atoms with E-state index in [9.17, 15) is 9.59 Å². The summed E-state index contributed by atoms with van der Waals surface area (Å²) in [5, 5.41) is 10.6. The highest BCUT2D eigenvalue weighted by molar-refractivity contribution is 5.87. The molecule has 4 aromatic rings. The summed E-state index contributed by atoms with van der Waals surface area (Å²) in [4.78, 5) is 24.2. The van der Waals surface area contributed by atoms with Gasteiger partial charge in [-0.2, -0.15) is 0 Å². The van der Waals surface area contributed by atoms with Crippen molar-refractivity contribution >= 4 is 16.7 Å². The van der Waals surface area contributed by atoms with Gasteiger partial charge >= 0.3 is 5.97 Å². The minimum absolute atomic E-state index is 0.0883. The average Bonchev–Trinajstić information content (AvgIpc) is 2.78. The monoisotopic (exact) mass is 407 g/mol. The van der Waals surface area contributed by atoms with Gasteiger partial charge in [0, 0.05) is 23.6 Å². The highest BCUT2D eigenvalue weighted by Gasteiger charge is 2.08. The Kier molecular flexibility index (Phi) is 5.68. The van der Waals surface area contributed by atoms with Gasteiger partial charge in [-0.05, 0) is 53.3 Å². The Labute approximate surface area is 180 Å². The smallest absolute Gasteiger partial charge is 0.335 e. The normalized spacial score (nSPS) is 10.5. The number of carboxylic acid groups (broad SMARTS) is 1. The van der Waals surface area contributed by atoms with Crippen LogP contribution in [-0.2, 0) is 13.0 Å². The van der Waals surface area contributed by atoms with E-state index in [-0.39, 0.29) is 11.1 Å². The number of pyridine rings is 1. The molecule has 0 bridgehead atoms. The first kappa shape index (κ1) is 20.2. The second-order valence-corrected chi connectivity index (χ2v) is 7.47. The number of benzene rings is 3. The van der Waals surface area contributed by atoms with E-state index >= 15 is 0 Å². The average molecular weight is 407 g/mol. The second kappa shape index (κ2) is 8.73. The molecule has 0 amide bonds. The molecule has 0 atom stereocenters. The van der Waals surface area contributed by atoms with Crippen molar-refractivity contribution in [1.82, 2.24) is 4.57 Å². The molecule has 4 rings (SSSR count). The van der Waals surface area contributed by atoms with Gasteiger partial charge in [-0.15, -0.1) is 0 Å². The minimum atomic E-state index is -0.967. The maximum atomic E-state index is 13.1. The Morgan fingerprint density at radius 1 is 0.935 bits per heavy atom. The number of fused-ring (bicyclic) bond motifs is 1. The summed E-state index contributed by atoms with van der Waals surface area (Å²) in [7, 11) is 0. The van der Waals surface area contributed by atoms with Crippen LogP contribution in [0.25, 0.3) is 10.8 Å². The Balaban J connectivity index is 1.65.